The van der Waals surface area contributed by atoms with Crippen LogP contribution in [0.4, 0.5) is 0 Å². The van der Waals surface area contributed by atoms with E-state index in [1.165, 1.54) is 18.3 Å². The molecule has 106 valence electrons. The van der Waals surface area contributed by atoms with Crippen molar-refractivity contribution in [3.63, 3.8) is 0 Å². The minimum absolute atomic E-state index is 0.0939. The monoisotopic (exact) mass is 312 g/mol. The lowest BCUT2D eigenvalue weighted by molar-refractivity contribution is -0.313. The van der Waals surface area contributed by atoms with Crippen LogP contribution in [0.3, 0.4) is 0 Å². The maximum absolute atomic E-state index is 11.7. The van der Waals surface area contributed by atoms with Gasteiger partial charge in [0, 0.05) is 6.61 Å². The summed E-state index contributed by atoms with van der Waals surface area (Å²) in [5, 5.41) is 13.4. The zero-order chi connectivity index (χ0) is 14.4. The van der Waals surface area contributed by atoms with Gasteiger partial charge in [-0.05, 0) is 26.9 Å². The molecular formula is C10H19NO4PS2-. The molecule has 0 aromatic rings. The molecular weight excluding hydrogens is 293 g/mol. The van der Waals surface area contributed by atoms with E-state index in [0.717, 1.165) is 0 Å². The van der Waals surface area contributed by atoms with Crippen LogP contribution in [0, 0.1) is 0 Å². The first-order valence-corrected chi connectivity index (χ1v) is 10.3. The fourth-order valence-corrected chi connectivity index (χ4v) is 4.43. The highest BCUT2D eigenvalue weighted by Crippen LogP contribution is 2.56. The van der Waals surface area contributed by atoms with Gasteiger partial charge in [-0.15, -0.1) is 0 Å². The van der Waals surface area contributed by atoms with Crippen molar-refractivity contribution in [3.05, 3.63) is 0 Å². The second-order valence-electron chi connectivity index (χ2n) is 3.98. The molecule has 0 aromatic carbocycles. The molecule has 0 aliphatic carbocycles. The minimum Gasteiger partial charge on any atom is -0.548 e. The summed E-state index contributed by atoms with van der Waals surface area (Å²) in [7, 11) is 0. The third-order valence-corrected chi connectivity index (χ3v) is 7.33. The van der Waals surface area contributed by atoms with E-state index in [1.807, 2.05) is 6.92 Å². The highest BCUT2D eigenvalue weighted by atomic mass is 32.9. The van der Waals surface area contributed by atoms with E-state index in [0.29, 0.717) is 6.61 Å². The zero-order valence-electron chi connectivity index (χ0n) is 11.0. The Morgan fingerprint density at radius 2 is 2.06 bits per heavy atom. The number of carbonyl (C=O) groups is 2. The van der Waals surface area contributed by atoms with E-state index in [4.69, 9.17) is 16.3 Å². The van der Waals surface area contributed by atoms with E-state index < -0.39 is 17.0 Å². The maximum atomic E-state index is 11.7. The first kappa shape index (κ1) is 17.9. The third-order valence-electron chi connectivity index (χ3n) is 2.37. The zero-order valence-corrected chi connectivity index (χ0v) is 13.5. The topological polar surface area (TPSA) is 78.5 Å². The van der Waals surface area contributed by atoms with E-state index in [9.17, 15) is 14.7 Å². The average Bonchev–Trinajstić information content (AvgIpc) is 2.26. The molecule has 0 bridgehead atoms. The van der Waals surface area contributed by atoms with Gasteiger partial charge in [0.05, 0.1) is 17.3 Å². The molecule has 0 aliphatic rings. The Balaban J connectivity index is 4.36. The molecule has 1 N–H and O–H groups in total. The first-order valence-electron chi connectivity index (χ1n) is 5.56. The minimum atomic E-state index is -2.02. The summed E-state index contributed by atoms with van der Waals surface area (Å²) in [6.45, 7) is 7.24. The molecule has 1 amide bonds. The van der Waals surface area contributed by atoms with Crippen molar-refractivity contribution in [1.29, 1.82) is 0 Å². The molecule has 0 aromatic heterocycles. The van der Waals surface area contributed by atoms with Gasteiger partial charge in [0.25, 0.3) is 0 Å². The molecule has 0 rings (SSSR count). The summed E-state index contributed by atoms with van der Waals surface area (Å²) in [6.07, 6.45) is 0.261. The van der Waals surface area contributed by atoms with Gasteiger partial charge in [0.15, 0.2) is 0 Å². The molecule has 8 heteroatoms. The van der Waals surface area contributed by atoms with Crippen molar-refractivity contribution < 1.29 is 19.2 Å². The molecule has 0 spiro atoms. The highest BCUT2D eigenvalue weighted by molar-refractivity contribution is 8.69. The Labute approximate surface area is 117 Å². The van der Waals surface area contributed by atoms with E-state index in [-0.39, 0.29) is 18.1 Å². The van der Waals surface area contributed by atoms with Crippen LogP contribution in [-0.2, 0) is 25.9 Å². The summed E-state index contributed by atoms with van der Waals surface area (Å²) in [6, 6.07) is 0. The molecule has 0 saturated carbocycles. The number of hydrogen-bond acceptors (Lipinski definition) is 6. The standard InChI is InChI=1S/C10H20NO4PS2/c1-5-10(3,9(13)14)11-8(12)7-18-16(4,17)15-6-2/h5-7H2,1-4H3,(H,11,12)(H,13,14)/p-1/t10-,16-/m0/s1. The number of amides is 1. The Bertz CT molecular complexity index is 364. The molecule has 0 radical (unpaired) electrons. The number of carboxylic acids is 1. The summed E-state index contributed by atoms with van der Waals surface area (Å²) < 4.78 is 5.36. The lowest BCUT2D eigenvalue weighted by Gasteiger charge is -2.30. The van der Waals surface area contributed by atoms with Crippen LogP contribution in [0.5, 0.6) is 0 Å². The SMILES string of the molecule is CCO[P@@](C)(=S)SCC(=O)N[C@@](C)(CC)C(=O)[O-]. The molecule has 0 unspecified atom stereocenters. The quantitative estimate of drug-likeness (QED) is 0.666. The van der Waals surface area contributed by atoms with Gasteiger partial charge < -0.3 is 19.7 Å². The van der Waals surface area contributed by atoms with E-state index in [2.05, 4.69) is 5.32 Å². The predicted molar refractivity (Wildman–Crippen MR) is 76.1 cm³/mol. The van der Waals surface area contributed by atoms with Crippen LogP contribution in [0.2, 0.25) is 0 Å². The predicted octanol–water partition coefficient (Wildman–Crippen LogP) is 0.730. The normalized spacial score (nSPS) is 17.6. The van der Waals surface area contributed by atoms with Crippen molar-refractivity contribution in [3.8, 4) is 0 Å². The second kappa shape index (κ2) is 7.48. The van der Waals surface area contributed by atoms with Gasteiger partial charge in [-0.25, -0.2) is 0 Å². The summed E-state index contributed by atoms with van der Waals surface area (Å²) in [4.78, 5) is 22.6. The van der Waals surface area contributed by atoms with Crippen LogP contribution in [-0.4, -0.2) is 36.4 Å². The average molecular weight is 312 g/mol. The van der Waals surface area contributed by atoms with Gasteiger partial charge in [0.2, 0.25) is 5.91 Å². The number of carboxylic acid groups (broad SMARTS) is 1. The summed E-state index contributed by atoms with van der Waals surface area (Å²) in [5.41, 5.74) is -3.35. The Kier molecular flexibility index (Phi) is 7.44. The van der Waals surface area contributed by atoms with Crippen molar-refractivity contribution >= 4 is 40.5 Å². The molecule has 0 saturated heterocycles. The van der Waals surface area contributed by atoms with E-state index in [1.54, 1.807) is 13.6 Å². The smallest absolute Gasteiger partial charge is 0.231 e. The number of aliphatic carboxylic acids is 1. The fraction of sp³-hybridized carbons (Fsp3) is 0.800. The number of carbonyl (C=O) groups excluding carboxylic acids is 2. The van der Waals surface area contributed by atoms with Crippen molar-refractivity contribution in [2.45, 2.75) is 32.7 Å². The van der Waals surface area contributed by atoms with Crippen LogP contribution in [0.15, 0.2) is 0 Å². The van der Waals surface area contributed by atoms with Crippen molar-refractivity contribution in [1.82, 2.24) is 5.32 Å². The second-order valence-corrected chi connectivity index (χ2v) is 12.0. The van der Waals surface area contributed by atoms with Gasteiger partial charge >= 0.3 is 0 Å². The summed E-state index contributed by atoms with van der Waals surface area (Å²) in [5.74, 6) is -1.56. The van der Waals surface area contributed by atoms with Crippen LogP contribution >= 0.6 is 16.8 Å². The van der Waals surface area contributed by atoms with Gasteiger partial charge in [-0.2, -0.15) is 0 Å². The van der Waals surface area contributed by atoms with Crippen LogP contribution in [0.25, 0.3) is 0 Å². The number of nitrogens with one attached hydrogen (secondary N) is 1. The Morgan fingerprint density at radius 1 is 1.50 bits per heavy atom. The summed E-state index contributed by atoms with van der Waals surface area (Å²) >= 11 is 6.48. The largest absolute Gasteiger partial charge is 0.548 e. The molecule has 0 aliphatic heterocycles. The number of rotatable bonds is 8. The third kappa shape index (κ3) is 6.18. The van der Waals surface area contributed by atoms with E-state index >= 15 is 0 Å². The molecule has 5 nitrogen and oxygen atoms in total. The molecule has 0 fully saturated rings. The fourth-order valence-electron chi connectivity index (χ4n) is 1.08. The highest BCUT2D eigenvalue weighted by Gasteiger charge is 2.26. The first-order chi connectivity index (χ1) is 8.17. The lowest BCUT2D eigenvalue weighted by atomic mass is 9.99. The Morgan fingerprint density at radius 3 is 2.44 bits per heavy atom. The van der Waals surface area contributed by atoms with Gasteiger partial charge in [-0.3, -0.25) is 4.79 Å². The maximum Gasteiger partial charge on any atom is 0.231 e. The molecule has 2 atom stereocenters. The van der Waals surface area contributed by atoms with Crippen molar-refractivity contribution in [2.24, 2.45) is 0 Å². The number of hydrogen-bond donors (Lipinski definition) is 1. The lowest BCUT2D eigenvalue weighted by Crippen LogP contribution is -2.58. The van der Waals surface area contributed by atoms with Gasteiger partial charge in [0.1, 0.15) is 5.47 Å². The van der Waals surface area contributed by atoms with Crippen molar-refractivity contribution in [2.75, 3.05) is 19.0 Å². The molecule has 18 heavy (non-hydrogen) atoms. The van der Waals surface area contributed by atoms with Crippen LogP contribution < -0.4 is 10.4 Å². The Hall–Kier alpha value is -0.100. The van der Waals surface area contributed by atoms with Gasteiger partial charge in [-0.1, -0.05) is 30.1 Å². The van der Waals surface area contributed by atoms with Crippen LogP contribution in [0.1, 0.15) is 27.2 Å². The molecule has 0 heterocycles.